The van der Waals surface area contributed by atoms with E-state index in [1.807, 2.05) is 13.8 Å². The van der Waals surface area contributed by atoms with Gasteiger partial charge in [-0.25, -0.2) is 8.42 Å². The number of carbonyl (C=O) groups excluding carboxylic acids is 1. The number of nitrogens with zero attached hydrogens (tertiary/aromatic N) is 2. The van der Waals surface area contributed by atoms with Crippen molar-refractivity contribution in [2.75, 3.05) is 26.2 Å². The molecule has 0 saturated carbocycles. The quantitative estimate of drug-likeness (QED) is 0.825. The molecule has 2 rings (SSSR count). The lowest BCUT2D eigenvalue weighted by Gasteiger charge is -2.20. The van der Waals surface area contributed by atoms with Gasteiger partial charge in [0.05, 0.1) is 15.5 Å². The highest BCUT2D eigenvalue weighted by atomic mass is 35.5. The third kappa shape index (κ3) is 3.29. The van der Waals surface area contributed by atoms with E-state index < -0.39 is 10.0 Å². The van der Waals surface area contributed by atoms with Gasteiger partial charge < -0.3 is 4.90 Å². The molecule has 0 radical (unpaired) electrons. The Labute approximate surface area is 136 Å². The molecule has 1 fully saturated rings. The molecule has 22 heavy (non-hydrogen) atoms. The summed E-state index contributed by atoms with van der Waals surface area (Å²) in [6.45, 7) is 5.92. The first-order chi connectivity index (χ1) is 10.4. The van der Waals surface area contributed by atoms with Crippen molar-refractivity contribution in [2.24, 2.45) is 0 Å². The predicted molar refractivity (Wildman–Crippen MR) is 86.7 cm³/mol. The van der Waals surface area contributed by atoms with Crippen molar-refractivity contribution in [3.8, 4) is 0 Å². The number of sulfonamides is 1. The summed E-state index contributed by atoms with van der Waals surface area (Å²) >= 11 is 6.10. The molecule has 1 heterocycles. The highest BCUT2D eigenvalue weighted by Crippen LogP contribution is 2.26. The molecule has 1 aromatic carbocycles. The first-order valence-electron chi connectivity index (χ1n) is 7.50. The molecule has 1 amide bonds. The SMILES string of the molecule is CCN(CC)C(=O)c1cc(S(=O)(=O)N2CCCC2)ccc1Cl. The molecule has 0 atom stereocenters. The van der Waals surface area contributed by atoms with Gasteiger partial charge in [0.15, 0.2) is 0 Å². The number of carbonyl (C=O) groups is 1. The molecule has 7 heteroatoms. The van der Waals surface area contributed by atoms with Crippen LogP contribution in [0.2, 0.25) is 5.02 Å². The maximum atomic E-state index is 12.6. The van der Waals surface area contributed by atoms with E-state index in [0.29, 0.717) is 26.2 Å². The van der Waals surface area contributed by atoms with Crippen LogP contribution in [0.1, 0.15) is 37.0 Å². The lowest BCUT2D eigenvalue weighted by atomic mass is 10.2. The van der Waals surface area contributed by atoms with Crippen LogP contribution in [0.3, 0.4) is 0 Å². The molecule has 5 nitrogen and oxygen atoms in total. The molecule has 1 aliphatic heterocycles. The van der Waals surface area contributed by atoms with Gasteiger partial charge in [-0.1, -0.05) is 11.6 Å². The summed E-state index contributed by atoms with van der Waals surface area (Å²) in [5.74, 6) is -0.242. The first-order valence-corrected chi connectivity index (χ1v) is 9.32. The monoisotopic (exact) mass is 344 g/mol. The Bertz CT molecular complexity index is 651. The van der Waals surface area contributed by atoms with Gasteiger partial charge in [-0.2, -0.15) is 4.31 Å². The zero-order valence-electron chi connectivity index (χ0n) is 12.9. The average molecular weight is 345 g/mol. The lowest BCUT2D eigenvalue weighted by molar-refractivity contribution is 0.0773. The normalized spacial score (nSPS) is 16.0. The fraction of sp³-hybridized carbons (Fsp3) is 0.533. The van der Waals surface area contributed by atoms with Crippen molar-refractivity contribution in [1.29, 1.82) is 0 Å². The molecule has 0 aromatic heterocycles. The zero-order valence-corrected chi connectivity index (χ0v) is 14.5. The van der Waals surface area contributed by atoms with Gasteiger partial charge in [0.2, 0.25) is 10.0 Å². The molecule has 1 saturated heterocycles. The molecular weight excluding hydrogens is 324 g/mol. The van der Waals surface area contributed by atoms with Gasteiger partial charge in [-0.15, -0.1) is 0 Å². The van der Waals surface area contributed by atoms with Gasteiger partial charge in [-0.05, 0) is 44.9 Å². The van der Waals surface area contributed by atoms with Crippen LogP contribution < -0.4 is 0 Å². The molecule has 0 aliphatic carbocycles. The molecule has 0 spiro atoms. The highest BCUT2D eigenvalue weighted by molar-refractivity contribution is 7.89. The van der Waals surface area contributed by atoms with Crippen LogP contribution in [0.5, 0.6) is 0 Å². The minimum absolute atomic E-state index is 0.134. The van der Waals surface area contributed by atoms with Gasteiger partial charge >= 0.3 is 0 Å². The number of rotatable bonds is 5. The summed E-state index contributed by atoms with van der Waals surface area (Å²) in [6, 6.07) is 4.35. The van der Waals surface area contributed by atoms with Crippen LogP contribution in [-0.4, -0.2) is 49.7 Å². The zero-order chi connectivity index (χ0) is 16.3. The molecule has 1 aromatic rings. The van der Waals surface area contributed by atoms with E-state index in [4.69, 9.17) is 11.6 Å². The molecule has 0 N–H and O–H groups in total. The fourth-order valence-electron chi connectivity index (χ4n) is 2.59. The Kier molecular flexibility index (Phi) is 5.47. The summed E-state index contributed by atoms with van der Waals surface area (Å²) in [4.78, 5) is 14.2. The van der Waals surface area contributed by atoms with E-state index in [0.717, 1.165) is 12.8 Å². The number of hydrogen-bond donors (Lipinski definition) is 0. The lowest BCUT2D eigenvalue weighted by Crippen LogP contribution is -2.31. The van der Waals surface area contributed by atoms with Crippen LogP contribution in [0, 0.1) is 0 Å². The third-order valence-electron chi connectivity index (χ3n) is 3.92. The summed E-state index contributed by atoms with van der Waals surface area (Å²) < 4.78 is 26.6. The Hall–Kier alpha value is -1.11. The van der Waals surface area contributed by atoms with Gasteiger partial charge in [0.1, 0.15) is 0 Å². The largest absolute Gasteiger partial charge is 0.339 e. The molecule has 122 valence electrons. The van der Waals surface area contributed by atoms with Gasteiger partial charge in [-0.3, -0.25) is 4.79 Å². The van der Waals surface area contributed by atoms with E-state index in [-0.39, 0.29) is 21.4 Å². The van der Waals surface area contributed by atoms with Crippen molar-refractivity contribution in [3.63, 3.8) is 0 Å². The molecular formula is C15H21ClN2O3S. The second-order valence-electron chi connectivity index (χ2n) is 5.23. The van der Waals surface area contributed by atoms with Crippen molar-refractivity contribution in [2.45, 2.75) is 31.6 Å². The molecule has 1 aliphatic rings. The highest BCUT2D eigenvalue weighted by Gasteiger charge is 2.28. The number of benzene rings is 1. The van der Waals surface area contributed by atoms with Crippen LogP contribution in [-0.2, 0) is 10.0 Å². The Morgan fingerprint density at radius 1 is 1.23 bits per heavy atom. The topological polar surface area (TPSA) is 57.7 Å². The average Bonchev–Trinajstić information content (AvgIpc) is 3.03. The minimum Gasteiger partial charge on any atom is -0.339 e. The molecule has 0 unspecified atom stereocenters. The van der Waals surface area contributed by atoms with Crippen LogP contribution in [0.4, 0.5) is 0 Å². The van der Waals surface area contributed by atoms with Gasteiger partial charge in [0.25, 0.3) is 5.91 Å². The second kappa shape index (κ2) is 6.98. The number of amides is 1. The maximum absolute atomic E-state index is 12.6. The van der Waals surface area contributed by atoms with Crippen molar-refractivity contribution in [3.05, 3.63) is 28.8 Å². The minimum atomic E-state index is -3.55. The van der Waals surface area contributed by atoms with E-state index in [2.05, 4.69) is 0 Å². The van der Waals surface area contributed by atoms with E-state index in [1.54, 1.807) is 4.90 Å². The summed E-state index contributed by atoms with van der Waals surface area (Å²) in [6.07, 6.45) is 1.75. The Morgan fingerprint density at radius 2 is 1.82 bits per heavy atom. The summed E-state index contributed by atoms with van der Waals surface area (Å²) in [5, 5.41) is 0.275. The van der Waals surface area contributed by atoms with Crippen LogP contribution in [0.15, 0.2) is 23.1 Å². The van der Waals surface area contributed by atoms with Crippen molar-refractivity contribution < 1.29 is 13.2 Å². The van der Waals surface area contributed by atoms with E-state index in [9.17, 15) is 13.2 Å². The Balaban J connectivity index is 2.40. The fourth-order valence-corrected chi connectivity index (χ4v) is 4.33. The predicted octanol–water partition coefficient (Wildman–Crippen LogP) is 2.61. The summed E-state index contributed by atoms with van der Waals surface area (Å²) in [5.41, 5.74) is 0.241. The van der Waals surface area contributed by atoms with Gasteiger partial charge in [0, 0.05) is 26.2 Å². The number of halogens is 1. The van der Waals surface area contributed by atoms with E-state index >= 15 is 0 Å². The molecule has 0 bridgehead atoms. The number of hydrogen-bond acceptors (Lipinski definition) is 3. The van der Waals surface area contributed by atoms with Crippen LogP contribution >= 0.6 is 11.6 Å². The van der Waals surface area contributed by atoms with Crippen molar-refractivity contribution >= 4 is 27.5 Å². The van der Waals surface area contributed by atoms with E-state index in [1.165, 1.54) is 22.5 Å². The van der Waals surface area contributed by atoms with Crippen LogP contribution in [0.25, 0.3) is 0 Å². The summed E-state index contributed by atoms with van der Waals surface area (Å²) in [7, 11) is -3.55. The standard InChI is InChI=1S/C15H21ClN2O3S/c1-3-17(4-2)15(19)13-11-12(7-8-14(13)16)22(20,21)18-9-5-6-10-18/h7-8,11H,3-6,9-10H2,1-2H3. The first kappa shape index (κ1) is 17.2. The Morgan fingerprint density at radius 3 is 2.36 bits per heavy atom. The third-order valence-corrected chi connectivity index (χ3v) is 6.15. The maximum Gasteiger partial charge on any atom is 0.255 e. The second-order valence-corrected chi connectivity index (χ2v) is 7.58. The smallest absolute Gasteiger partial charge is 0.255 e. The van der Waals surface area contributed by atoms with Crippen molar-refractivity contribution in [1.82, 2.24) is 9.21 Å².